The van der Waals surface area contributed by atoms with E-state index in [9.17, 15) is 31.2 Å². The number of carbonyl (C=O) groups is 2. The number of hydrogen-bond acceptors (Lipinski definition) is 5. The second-order valence-corrected chi connectivity index (χ2v) is 8.94. The Kier molecular flexibility index (Phi) is 6.83. The molecule has 0 aromatic heterocycles. The maximum atomic E-state index is 13.0. The molecule has 0 bridgehead atoms. The van der Waals surface area contributed by atoms with E-state index in [2.05, 4.69) is 0 Å². The van der Waals surface area contributed by atoms with Gasteiger partial charge in [-0.2, -0.15) is 13.2 Å². The zero-order valence-corrected chi connectivity index (χ0v) is 17.4. The quantitative estimate of drug-likeness (QED) is 0.528. The molecule has 10 heteroatoms. The monoisotopic (exact) mass is 465 g/mol. The molecule has 0 fully saturated rings. The van der Waals surface area contributed by atoms with Crippen molar-refractivity contribution in [2.24, 2.45) is 0 Å². The zero-order valence-electron chi connectivity index (χ0n) is 16.6. The van der Waals surface area contributed by atoms with Gasteiger partial charge in [0.15, 0.2) is 16.4 Å². The molecule has 6 nitrogen and oxygen atoms in total. The highest BCUT2D eigenvalue weighted by atomic mass is 32.2. The number of esters is 1. The summed E-state index contributed by atoms with van der Waals surface area (Å²) in [4.78, 5) is 23.8. The van der Waals surface area contributed by atoms with Crippen molar-refractivity contribution in [3.63, 3.8) is 0 Å². The van der Waals surface area contributed by atoms with Crippen LogP contribution in [0.5, 0.6) is 0 Å². The average Bonchev–Trinajstić information content (AvgIpc) is 2.75. The van der Waals surface area contributed by atoms with Gasteiger partial charge < -0.3 is 10.1 Å². The van der Waals surface area contributed by atoms with E-state index in [-0.39, 0.29) is 4.90 Å². The minimum atomic E-state index is -4.67. The highest BCUT2D eigenvalue weighted by molar-refractivity contribution is 7.91. The Labute approximate surface area is 181 Å². The highest BCUT2D eigenvalue weighted by Gasteiger charge is 2.33. The van der Waals surface area contributed by atoms with Gasteiger partial charge in [0.25, 0.3) is 5.91 Å². The van der Waals surface area contributed by atoms with Crippen LogP contribution in [-0.4, -0.2) is 32.7 Å². The van der Waals surface area contributed by atoms with Crippen LogP contribution in [0.1, 0.15) is 12.0 Å². The molecule has 1 N–H and O–H groups in total. The third kappa shape index (κ3) is 5.85. The first-order valence-electron chi connectivity index (χ1n) is 9.39. The lowest BCUT2D eigenvalue weighted by Crippen LogP contribution is -2.23. The number of sulfone groups is 1. The van der Waals surface area contributed by atoms with Crippen molar-refractivity contribution in [1.82, 2.24) is 0 Å². The number of para-hydroxylation sites is 1. The first-order chi connectivity index (χ1) is 15.1. The number of fused-ring (bicyclic) bond motifs is 1. The van der Waals surface area contributed by atoms with Crippen LogP contribution in [0.2, 0.25) is 0 Å². The molecule has 0 aliphatic heterocycles. The van der Waals surface area contributed by atoms with Gasteiger partial charge in [-0.15, -0.1) is 0 Å². The van der Waals surface area contributed by atoms with E-state index in [0.29, 0.717) is 0 Å². The molecule has 0 saturated carbocycles. The third-order valence-corrected chi connectivity index (χ3v) is 6.24. The lowest BCUT2D eigenvalue weighted by molar-refractivity contribution is -0.147. The summed E-state index contributed by atoms with van der Waals surface area (Å²) in [7, 11) is -3.78. The van der Waals surface area contributed by atoms with E-state index in [4.69, 9.17) is 4.74 Å². The van der Waals surface area contributed by atoms with Crippen molar-refractivity contribution in [2.45, 2.75) is 17.5 Å². The van der Waals surface area contributed by atoms with Crippen molar-refractivity contribution >= 4 is 38.2 Å². The molecule has 0 atom stereocenters. The predicted molar refractivity (Wildman–Crippen MR) is 112 cm³/mol. The van der Waals surface area contributed by atoms with E-state index in [1.165, 1.54) is 24.3 Å². The third-order valence-electron chi connectivity index (χ3n) is 4.53. The summed E-state index contributed by atoms with van der Waals surface area (Å²) in [5.74, 6) is -2.48. The molecule has 0 saturated heterocycles. The maximum Gasteiger partial charge on any atom is 0.418 e. The lowest BCUT2D eigenvalue weighted by atomic mass is 10.1. The zero-order chi connectivity index (χ0) is 23.4. The Balaban J connectivity index is 1.54. The SMILES string of the molecule is O=C(COC(=O)CCS(=O)(=O)c1ccc2ccccc2c1)Nc1ccccc1C(F)(F)F. The minimum absolute atomic E-state index is 0.0468. The first-order valence-corrected chi connectivity index (χ1v) is 11.0. The molecule has 3 rings (SSSR count). The number of alkyl halides is 3. The van der Waals surface area contributed by atoms with Crippen LogP contribution < -0.4 is 5.32 Å². The van der Waals surface area contributed by atoms with Crippen LogP contribution in [0.4, 0.5) is 18.9 Å². The van der Waals surface area contributed by atoms with E-state index in [1.807, 2.05) is 17.4 Å². The summed E-state index contributed by atoms with van der Waals surface area (Å²) in [6.45, 7) is -0.846. The second kappa shape index (κ2) is 9.39. The Hall–Kier alpha value is -3.40. The summed E-state index contributed by atoms with van der Waals surface area (Å²) < 4.78 is 68.6. The lowest BCUT2D eigenvalue weighted by Gasteiger charge is -2.13. The van der Waals surface area contributed by atoms with Crippen molar-refractivity contribution in [2.75, 3.05) is 17.7 Å². The van der Waals surface area contributed by atoms with Crippen LogP contribution >= 0.6 is 0 Å². The predicted octanol–water partition coefficient (Wildman–Crippen LogP) is 4.20. The normalized spacial score (nSPS) is 11.8. The van der Waals surface area contributed by atoms with Gasteiger partial charge in [0.2, 0.25) is 0 Å². The standard InChI is InChI=1S/C22H18F3NO5S/c23-22(24,25)18-7-3-4-8-19(18)26-20(27)14-31-21(28)11-12-32(29,30)17-10-9-15-5-1-2-6-16(15)13-17/h1-10,13H,11-12,14H2,(H,26,27). The van der Waals surface area contributed by atoms with Gasteiger partial charge in [0.05, 0.1) is 28.3 Å². The number of anilines is 1. The molecular formula is C22H18F3NO5S. The Morgan fingerprint density at radius 3 is 2.28 bits per heavy atom. The van der Waals surface area contributed by atoms with Crippen LogP contribution in [0.15, 0.2) is 71.6 Å². The van der Waals surface area contributed by atoms with Crippen LogP contribution in [0.25, 0.3) is 10.8 Å². The molecular weight excluding hydrogens is 447 g/mol. The molecule has 32 heavy (non-hydrogen) atoms. The average molecular weight is 465 g/mol. The molecule has 0 aliphatic rings. The van der Waals surface area contributed by atoms with Gasteiger partial charge >= 0.3 is 12.1 Å². The summed E-state index contributed by atoms with van der Waals surface area (Å²) >= 11 is 0. The Morgan fingerprint density at radius 2 is 1.56 bits per heavy atom. The Bertz CT molecular complexity index is 1260. The largest absolute Gasteiger partial charge is 0.456 e. The topological polar surface area (TPSA) is 89.5 Å². The molecule has 1 amide bonds. The van der Waals surface area contributed by atoms with Crippen molar-refractivity contribution in [1.29, 1.82) is 0 Å². The van der Waals surface area contributed by atoms with Gasteiger partial charge in [0, 0.05) is 0 Å². The summed E-state index contributed by atoms with van der Waals surface area (Å²) in [5.41, 5.74) is -1.51. The molecule has 0 unspecified atom stereocenters. The Morgan fingerprint density at radius 1 is 0.906 bits per heavy atom. The summed E-state index contributed by atoms with van der Waals surface area (Å²) in [5, 5.41) is 3.63. The number of amides is 1. The number of rotatable bonds is 7. The number of carbonyl (C=O) groups excluding carboxylic acids is 2. The minimum Gasteiger partial charge on any atom is -0.456 e. The molecule has 168 valence electrons. The van der Waals surface area contributed by atoms with E-state index >= 15 is 0 Å². The van der Waals surface area contributed by atoms with E-state index in [1.54, 1.807) is 18.2 Å². The van der Waals surface area contributed by atoms with Crippen LogP contribution in [0, 0.1) is 0 Å². The van der Waals surface area contributed by atoms with Gasteiger partial charge in [-0.3, -0.25) is 9.59 Å². The van der Waals surface area contributed by atoms with Crippen molar-refractivity contribution in [3.8, 4) is 0 Å². The number of ether oxygens (including phenoxy) is 1. The highest BCUT2D eigenvalue weighted by Crippen LogP contribution is 2.34. The van der Waals surface area contributed by atoms with Crippen molar-refractivity contribution < 1.29 is 35.9 Å². The molecule has 0 spiro atoms. The van der Waals surface area contributed by atoms with Gasteiger partial charge in [0.1, 0.15) is 0 Å². The fourth-order valence-electron chi connectivity index (χ4n) is 2.94. The molecule has 0 aliphatic carbocycles. The number of benzene rings is 3. The second-order valence-electron chi connectivity index (χ2n) is 6.83. The fourth-order valence-corrected chi connectivity index (χ4v) is 4.19. The molecule has 3 aromatic rings. The summed E-state index contributed by atoms with van der Waals surface area (Å²) in [6.07, 6.45) is -5.18. The van der Waals surface area contributed by atoms with Crippen LogP contribution in [-0.2, 0) is 30.3 Å². The fraction of sp³-hybridized carbons (Fsp3) is 0.182. The van der Waals surface area contributed by atoms with E-state index < -0.39 is 57.9 Å². The summed E-state index contributed by atoms with van der Waals surface area (Å²) in [6, 6.07) is 16.2. The van der Waals surface area contributed by atoms with Gasteiger partial charge in [-0.1, -0.05) is 42.5 Å². The number of halogens is 3. The smallest absolute Gasteiger partial charge is 0.418 e. The first kappa shape index (κ1) is 23.3. The maximum absolute atomic E-state index is 13.0. The number of nitrogens with one attached hydrogen (secondary N) is 1. The van der Waals surface area contributed by atoms with Gasteiger partial charge in [-0.25, -0.2) is 8.42 Å². The molecule has 3 aromatic carbocycles. The van der Waals surface area contributed by atoms with Gasteiger partial charge in [-0.05, 0) is 35.0 Å². The van der Waals surface area contributed by atoms with Crippen LogP contribution in [0.3, 0.4) is 0 Å². The number of hydrogen-bond donors (Lipinski definition) is 1. The molecule has 0 radical (unpaired) electrons. The van der Waals surface area contributed by atoms with E-state index in [0.717, 1.165) is 22.9 Å². The molecule has 0 heterocycles. The van der Waals surface area contributed by atoms with Crippen molar-refractivity contribution in [3.05, 3.63) is 72.3 Å².